The van der Waals surface area contributed by atoms with E-state index in [2.05, 4.69) is 0 Å². The molecule has 0 aliphatic carbocycles. The van der Waals surface area contributed by atoms with Crippen LogP contribution >= 0.6 is 0 Å². The summed E-state index contributed by atoms with van der Waals surface area (Å²) in [5.74, 6) is -7.85. The zero-order valence-electron chi connectivity index (χ0n) is 10.9. The molecule has 0 aliphatic rings. The molecule has 0 aromatic heterocycles. The van der Waals surface area contributed by atoms with Crippen molar-refractivity contribution in [3.63, 3.8) is 0 Å². The molecule has 0 radical (unpaired) electrons. The van der Waals surface area contributed by atoms with E-state index in [1.54, 1.807) is 0 Å². The highest BCUT2D eigenvalue weighted by Gasteiger charge is 2.73. The Labute approximate surface area is 129 Å². The maximum Gasteiger partial charge on any atom is 0.491 e. The first kappa shape index (κ1) is 24.3. The second-order valence-corrected chi connectivity index (χ2v) is 4.06. The van der Waals surface area contributed by atoms with Crippen molar-refractivity contribution in [2.45, 2.75) is 37.1 Å². The summed E-state index contributed by atoms with van der Waals surface area (Å²) in [4.78, 5) is -4.19. The van der Waals surface area contributed by atoms with Crippen LogP contribution in [0, 0.1) is 0 Å². The first-order chi connectivity index (χ1) is 10.9. The van der Waals surface area contributed by atoms with E-state index in [0.717, 1.165) is 0 Å². The van der Waals surface area contributed by atoms with Crippen LogP contribution in [0.2, 0.25) is 0 Å². The fraction of sp³-hybridized carbons (Fsp3) is 0.750. The van der Waals surface area contributed by atoms with Crippen LogP contribution in [-0.4, -0.2) is 42.0 Å². The van der Waals surface area contributed by atoms with Gasteiger partial charge in [0, 0.05) is 0 Å². The molecule has 0 aromatic carbocycles. The topological polar surface area (TPSA) is 3.24 Å². The summed E-state index contributed by atoms with van der Waals surface area (Å²) in [5, 5.41) is 0. The molecule has 0 rings (SSSR count). The Hall–Kier alpha value is -1.65. The van der Waals surface area contributed by atoms with E-state index in [1.807, 2.05) is 0 Å². The van der Waals surface area contributed by atoms with E-state index in [4.69, 9.17) is 0 Å². The number of hydrogen-bond acceptors (Lipinski definition) is 1. The Balaban J connectivity index is 7.55. The monoisotopic (exact) mass is 433 g/mol. The highest BCUT2D eigenvalue weighted by Crippen LogP contribution is 2.54. The second-order valence-electron chi connectivity index (χ2n) is 4.06. The molecule has 1 nitrogen and oxygen atoms in total. The van der Waals surface area contributed by atoms with E-state index < -0.39 is 53.2 Å². The fourth-order valence-electron chi connectivity index (χ4n) is 1.37. The molecule has 0 heterocycles. The number of halogens is 17. The quantitative estimate of drug-likeness (QED) is 0.387. The van der Waals surface area contributed by atoms with Gasteiger partial charge in [-0.2, -0.15) is 53.2 Å². The number of alkyl halides is 17. The lowest BCUT2D eigenvalue weighted by Crippen LogP contribution is -2.57. The minimum atomic E-state index is -7.85. The molecule has 0 unspecified atom stereocenters. The van der Waals surface area contributed by atoms with Gasteiger partial charge in [0.25, 0.3) is 0 Å². The van der Waals surface area contributed by atoms with Gasteiger partial charge in [0.05, 0.1) is 0 Å². The Morgan fingerprint density at radius 3 is 0.885 bits per heavy atom. The van der Waals surface area contributed by atoms with Crippen LogP contribution in [0.5, 0.6) is 0 Å². The van der Waals surface area contributed by atoms with Crippen LogP contribution in [0.4, 0.5) is 74.6 Å². The minimum Gasteiger partial charge on any atom is -0.190 e. The smallest absolute Gasteiger partial charge is 0.190 e. The van der Waals surface area contributed by atoms with Crippen LogP contribution < -0.4 is 0 Å². The maximum absolute atomic E-state index is 13.0. The van der Waals surface area contributed by atoms with Crippen LogP contribution in [-0.2, 0) is 0 Å². The molecule has 26 heavy (non-hydrogen) atoms. The van der Waals surface area contributed by atoms with Crippen molar-refractivity contribution < 1.29 is 74.6 Å². The van der Waals surface area contributed by atoms with Crippen molar-refractivity contribution in [3.05, 3.63) is 11.3 Å². The van der Waals surface area contributed by atoms with Crippen molar-refractivity contribution in [1.29, 1.82) is 0 Å². The number of rotatable bonds is 2. The van der Waals surface area contributed by atoms with Crippen molar-refractivity contribution in [2.75, 3.05) is 0 Å². The zero-order chi connectivity index (χ0) is 21.7. The van der Waals surface area contributed by atoms with Gasteiger partial charge in [0.1, 0.15) is 5.70 Å². The normalized spacial score (nSPS) is 15.1. The van der Waals surface area contributed by atoms with Crippen molar-refractivity contribution in [1.82, 2.24) is 4.90 Å². The molecule has 0 bridgehead atoms. The average Bonchev–Trinajstić information content (AvgIpc) is 2.17. The largest absolute Gasteiger partial charge is 0.491 e. The van der Waals surface area contributed by atoms with Gasteiger partial charge in [-0.1, -0.05) is 0 Å². The van der Waals surface area contributed by atoms with E-state index in [9.17, 15) is 74.6 Å². The molecule has 18 heteroatoms. The Morgan fingerprint density at radius 1 is 0.462 bits per heavy atom. The lowest BCUT2D eigenvalue weighted by Gasteiger charge is -2.37. The molecule has 0 fully saturated rings. The van der Waals surface area contributed by atoms with Crippen LogP contribution in [0.1, 0.15) is 0 Å². The summed E-state index contributed by atoms with van der Waals surface area (Å²) >= 11 is 0. The second kappa shape index (κ2) is 6.21. The summed E-state index contributed by atoms with van der Waals surface area (Å²) in [7, 11) is 0. The van der Waals surface area contributed by atoms with Gasteiger partial charge in [-0.05, 0) is 0 Å². The van der Waals surface area contributed by atoms with Crippen molar-refractivity contribution in [2.24, 2.45) is 0 Å². The van der Waals surface area contributed by atoms with E-state index in [1.165, 1.54) is 0 Å². The third-order valence-corrected chi connectivity index (χ3v) is 2.19. The van der Waals surface area contributed by atoms with Gasteiger partial charge in [0.15, 0.2) is 5.57 Å². The number of hydrogen-bond donors (Lipinski definition) is 0. The van der Waals surface area contributed by atoms with Gasteiger partial charge in [-0.25, -0.2) is 0 Å². The standard InChI is InChI=1S/C8F17N/c9-3(10,6(17,18)19)2(1(4(11,12)13)5(14,15)16)26(7(20,21)22)8(23,24)25. The van der Waals surface area contributed by atoms with Crippen LogP contribution in [0.15, 0.2) is 11.3 Å². The Morgan fingerprint density at radius 2 is 0.731 bits per heavy atom. The van der Waals surface area contributed by atoms with Crippen molar-refractivity contribution in [3.8, 4) is 0 Å². The molecule has 0 atom stereocenters. The Bertz CT molecular complexity index is 504. The predicted molar refractivity (Wildman–Crippen MR) is 44.1 cm³/mol. The maximum atomic E-state index is 13.0. The predicted octanol–water partition coefficient (Wildman–Crippen LogP) is 5.90. The molecule has 0 amide bonds. The number of nitrogens with zero attached hydrogens (tertiary/aromatic N) is 1. The molecular weight excluding hydrogens is 433 g/mol. The summed E-state index contributed by atoms with van der Waals surface area (Å²) < 4.78 is 209. The molecular formula is C8F17N. The first-order valence-corrected chi connectivity index (χ1v) is 5.13. The minimum absolute atomic E-state index is 4.19. The third kappa shape index (κ3) is 4.95. The summed E-state index contributed by atoms with van der Waals surface area (Å²) in [5.41, 5.74) is -10.8. The molecule has 0 spiro atoms. The molecule has 156 valence electrons. The van der Waals surface area contributed by atoms with Gasteiger partial charge < -0.3 is 0 Å². The highest BCUT2D eigenvalue weighted by atomic mass is 19.4. The lowest BCUT2D eigenvalue weighted by molar-refractivity contribution is -0.379. The highest BCUT2D eigenvalue weighted by molar-refractivity contribution is 5.30. The summed E-state index contributed by atoms with van der Waals surface area (Å²) in [6.45, 7) is 0. The third-order valence-electron chi connectivity index (χ3n) is 2.19. The van der Waals surface area contributed by atoms with Gasteiger partial charge in [-0.15, -0.1) is 26.3 Å². The lowest BCUT2D eigenvalue weighted by atomic mass is 10.1. The first-order valence-electron chi connectivity index (χ1n) is 5.13. The summed E-state index contributed by atoms with van der Waals surface area (Å²) in [6.07, 6.45) is -37.8. The molecule has 0 aliphatic heterocycles. The molecule has 0 aromatic rings. The van der Waals surface area contributed by atoms with E-state index in [0.29, 0.717) is 0 Å². The van der Waals surface area contributed by atoms with Crippen LogP contribution in [0.25, 0.3) is 0 Å². The van der Waals surface area contributed by atoms with E-state index in [-0.39, 0.29) is 0 Å². The van der Waals surface area contributed by atoms with Crippen molar-refractivity contribution >= 4 is 0 Å². The van der Waals surface area contributed by atoms with Gasteiger partial charge in [0.2, 0.25) is 0 Å². The SMILES string of the molecule is FC(F)(F)C(=C(N(C(F)(F)F)C(F)(F)F)C(F)(F)C(F)(F)F)C(F)(F)F. The molecule has 0 saturated heterocycles. The molecule has 0 N–H and O–H groups in total. The Kier molecular flexibility index (Phi) is 5.81. The van der Waals surface area contributed by atoms with Gasteiger partial charge in [-0.3, -0.25) is 0 Å². The van der Waals surface area contributed by atoms with Gasteiger partial charge >= 0.3 is 37.1 Å². The fourth-order valence-corrected chi connectivity index (χ4v) is 1.37. The van der Waals surface area contributed by atoms with E-state index >= 15 is 0 Å². The zero-order valence-corrected chi connectivity index (χ0v) is 10.9. The van der Waals surface area contributed by atoms with Crippen LogP contribution in [0.3, 0.4) is 0 Å². The average molecular weight is 433 g/mol. The number of allylic oxidation sites excluding steroid dienone is 2. The summed E-state index contributed by atoms with van der Waals surface area (Å²) in [6, 6.07) is 0. The molecule has 0 saturated carbocycles.